The van der Waals surface area contributed by atoms with Crippen LogP contribution in [0.3, 0.4) is 0 Å². The number of halogens is 4. The summed E-state index contributed by atoms with van der Waals surface area (Å²) in [6.07, 6.45) is 0. The van der Waals surface area contributed by atoms with E-state index in [2.05, 4.69) is 4.90 Å². The molecule has 0 atom stereocenters. The first kappa shape index (κ1) is 8.89. The Kier molecular flexibility index (Phi) is 5.27. The van der Waals surface area contributed by atoms with Gasteiger partial charge in [-0.3, -0.25) is 4.90 Å². The summed E-state index contributed by atoms with van der Waals surface area (Å²) in [4.78, 5) is 3.48. The molecular weight excluding hydrogens is 191 g/mol. The van der Waals surface area contributed by atoms with E-state index in [1.807, 2.05) is 0 Å². The molecule has 46 valence electrons. The van der Waals surface area contributed by atoms with Gasteiger partial charge in [-0.1, -0.05) is 11.6 Å². The Bertz CT molecular complexity index is 92.0. The minimum Gasteiger partial charge on any atom is -0.298 e. The maximum atomic E-state index is 5.31. The summed E-state index contributed by atoms with van der Waals surface area (Å²) in [6, 6.07) is 0. The topological polar surface area (TPSA) is 12.4 Å². The van der Waals surface area contributed by atoms with Crippen molar-refractivity contribution < 1.29 is 0 Å². The SMILES string of the molecule is ClC/C(Cl)=N/B(Cl)Cl. The molecular formula is C2H2BCl4N. The van der Waals surface area contributed by atoms with Crippen molar-refractivity contribution in [2.75, 3.05) is 5.88 Å². The third-order valence-electron chi connectivity index (χ3n) is 0.348. The molecule has 0 bridgehead atoms. The van der Waals surface area contributed by atoms with E-state index < -0.39 is 5.68 Å². The van der Waals surface area contributed by atoms with E-state index in [4.69, 9.17) is 46.1 Å². The van der Waals surface area contributed by atoms with Crippen LogP contribution in [0.15, 0.2) is 4.90 Å². The maximum absolute atomic E-state index is 5.31. The van der Waals surface area contributed by atoms with Crippen LogP contribution in [0.2, 0.25) is 0 Å². The van der Waals surface area contributed by atoms with E-state index in [1.54, 1.807) is 0 Å². The first-order chi connectivity index (χ1) is 3.66. The minimum absolute atomic E-state index is 0.150. The highest BCUT2D eigenvalue weighted by molar-refractivity contribution is 7.33. The molecule has 0 aliphatic carbocycles. The highest BCUT2D eigenvalue weighted by atomic mass is 35.5. The lowest BCUT2D eigenvalue weighted by Crippen LogP contribution is -1.95. The van der Waals surface area contributed by atoms with E-state index in [-0.39, 0.29) is 11.1 Å². The fourth-order valence-corrected chi connectivity index (χ4v) is 0.642. The lowest BCUT2D eigenvalue weighted by atomic mass is 10.4. The van der Waals surface area contributed by atoms with Gasteiger partial charge in [-0.25, -0.2) is 0 Å². The maximum Gasteiger partial charge on any atom is 0.487 e. The molecule has 0 radical (unpaired) electrons. The molecule has 0 saturated heterocycles. The van der Waals surface area contributed by atoms with Crippen molar-refractivity contribution in [1.29, 1.82) is 0 Å². The Morgan fingerprint density at radius 2 is 2.00 bits per heavy atom. The molecule has 1 nitrogen and oxygen atoms in total. The van der Waals surface area contributed by atoms with Crippen molar-refractivity contribution in [2.24, 2.45) is 4.90 Å². The quantitative estimate of drug-likeness (QED) is 0.362. The minimum atomic E-state index is -0.804. The number of hydrogen-bond acceptors (Lipinski definition) is 1. The van der Waals surface area contributed by atoms with Crippen LogP contribution in [0.25, 0.3) is 0 Å². The Balaban J connectivity index is 3.56. The number of hydrogen-bond donors (Lipinski definition) is 0. The molecule has 0 unspecified atom stereocenters. The fraction of sp³-hybridized carbons (Fsp3) is 0.500. The van der Waals surface area contributed by atoms with Crippen LogP contribution in [0.5, 0.6) is 0 Å². The summed E-state index contributed by atoms with van der Waals surface area (Å²) < 4.78 is 0. The number of nitrogens with zero attached hydrogens (tertiary/aromatic N) is 1. The summed E-state index contributed by atoms with van der Waals surface area (Å²) in [6.45, 7) is 0. The molecule has 0 aliphatic rings. The highest BCUT2D eigenvalue weighted by Gasteiger charge is 2.02. The summed E-state index contributed by atoms with van der Waals surface area (Å²) in [5.74, 6) is 0.150. The third kappa shape index (κ3) is 5.04. The van der Waals surface area contributed by atoms with Gasteiger partial charge in [-0.05, 0) is 0 Å². The van der Waals surface area contributed by atoms with Gasteiger partial charge in [0.1, 0.15) is 5.17 Å². The summed E-state index contributed by atoms with van der Waals surface area (Å²) in [5.41, 5.74) is -0.804. The van der Waals surface area contributed by atoms with Crippen molar-refractivity contribution in [3.05, 3.63) is 0 Å². The van der Waals surface area contributed by atoms with Gasteiger partial charge in [0, 0.05) is 0 Å². The predicted octanol–water partition coefficient (Wildman–Crippen LogP) is 2.33. The van der Waals surface area contributed by atoms with Crippen molar-refractivity contribution in [3.8, 4) is 0 Å². The Labute approximate surface area is 67.9 Å². The second kappa shape index (κ2) is 4.74. The third-order valence-corrected chi connectivity index (χ3v) is 1.16. The smallest absolute Gasteiger partial charge is 0.298 e. The first-order valence-corrected chi connectivity index (χ1v) is 3.51. The van der Waals surface area contributed by atoms with Gasteiger partial charge < -0.3 is 0 Å². The van der Waals surface area contributed by atoms with Crippen molar-refractivity contribution in [1.82, 2.24) is 0 Å². The Morgan fingerprint density at radius 3 is 2.12 bits per heavy atom. The van der Waals surface area contributed by atoms with Gasteiger partial charge in [0.25, 0.3) is 0 Å². The van der Waals surface area contributed by atoms with Gasteiger partial charge in [-0.15, -0.1) is 34.5 Å². The van der Waals surface area contributed by atoms with Gasteiger partial charge in [0.15, 0.2) is 0 Å². The molecule has 0 heterocycles. The average molecular weight is 193 g/mol. The van der Waals surface area contributed by atoms with Crippen LogP contribution in [0, 0.1) is 0 Å². The van der Waals surface area contributed by atoms with Gasteiger partial charge in [0.2, 0.25) is 0 Å². The first-order valence-electron chi connectivity index (χ1n) is 1.73. The molecule has 0 aromatic rings. The van der Waals surface area contributed by atoms with Gasteiger partial charge in [0.05, 0.1) is 5.88 Å². The zero-order chi connectivity index (χ0) is 6.57. The van der Waals surface area contributed by atoms with Crippen molar-refractivity contribution in [3.63, 3.8) is 0 Å². The molecule has 0 saturated carbocycles. The van der Waals surface area contributed by atoms with Crippen LogP contribution in [-0.2, 0) is 0 Å². The summed E-state index contributed by atoms with van der Waals surface area (Å²) >= 11 is 20.9. The number of rotatable bonds is 2. The Hall–Kier alpha value is 0.895. The van der Waals surface area contributed by atoms with Crippen LogP contribution in [-0.4, -0.2) is 16.7 Å². The van der Waals surface area contributed by atoms with Crippen LogP contribution in [0.1, 0.15) is 0 Å². The van der Waals surface area contributed by atoms with Crippen molar-refractivity contribution >= 4 is 57.0 Å². The summed E-state index contributed by atoms with van der Waals surface area (Å²) in [7, 11) is 0. The van der Waals surface area contributed by atoms with E-state index >= 15 is 0 Å². The molecule has 0 aliphatic heterocycles. The standard InChI is InChI=1S/C2H2BCl4N/c4-1-2(5)8-3(6)7/h1H2/b8-2-. The molecule has 0 spiro atoms. The van der Waals surface area contributed by atoms with E-state index in [1.165, 1.54) is 0 Å². The largest absolute Gasteiger partial charge is 0.487 e. The summed E-state index contributed by atoms with van der Waals surface area (Å²) in [5, 5.41) is 0.224. The molecule has 6 heteroatoms. The second-order valence-electron chi connectivity index (χ2n) is 0.917. The molecule has 0 amide bonds. The van der Waals surface area contributed by atoms with E-state index in [0.29, 0.717) is 0 Å². The van der Waals surface area contributed by atoms with E-state index in [0.717, 1.165) is 0 Å². The highest BCUT2D eigenvalue weighted by Crippen LogP contribution is 2.00. The molecule has 8 heavy (non-hydrogen) atoms. The van der Waals surface area contributed by atoms with Crippen molar-refractivity contribution in [2.45, 2.75) is 0 Å². The molecule has 0 aromatic carbocycles. The van der Waals surface area contributed by atoms with E-state index in [9.17, 15) is 0 Å². The molecule has 0 rings (SSSR count). The normalized spacial score (nSPS) is 11.8. The lowest BCUT2D eigenvalue weighted by molar-refractivity contribution is 1.81. The molecule has 0 aromatic heterocycles. The monoisotopic (exact) mass is 191 g/mol. The van der Waals surface area contributed by atoms with Gasteiger partial charge >= 0.3 is 5.68 Å². The zero-order valence-electron chi connectivity index (χ0n) is 3.74. The molecule has 0 fully saturated rings. The fourth-order valence-electron chi connectivity index (χ4n) is 0.140. The van der Waals surface area contributed by atoms with Crippen LogP contribution in [0.4, 0.5) is 0 Å². The zero-order valence-corrected chi connectivity index (χ0v) is 6.77. The van der Waals surface area contributed by atoms with Crippen LogP contribution >= 0.6 is 46.1 Å². The van der Waals surface area contributed by atoms with Gasteiger partial charge in [-0.2, -0.15) is 0 Å². The number of alkyl halides is 1. The second-order valence-corrected chi connectivity index (χ2v) is 2.67. The van der Waals surface area contributed by atoms with Crippen LogP contribution < -0.4 is 0 Å². The Morgan fingerprint density at radius 1 is 1.50 bits per heavy atom. The predicted molar refractivity (Wildman–Crippen MR) is 41.5 cm³/mol. The molecule has 0 N–H and O–H groups in total. The average Bonchev–Trinajstić information content (AvgIpc) is 1.65. The lowest BCUT2D eigenvalue weighted by Gasteiger charge is -1.87.